The number of carbonyl (C=O) groups is 1. The summed E-state index contributed by atoms with van der Waals surface area (Å²) in [5.74, 6) is -1.85. The van der Waals surface area contributed by atoms with E-state index in [1.807, 2.05) is 0 Å². The molecule has 1 heterocycles. The zero-order valence-electron chi connectivity index (χ0n) is 10.8. The second kappa shape index (κ2) is 5.39. The predicted octanol–water partition coefficient (Wildman–Crippen LogP) is 0.500. The molecule has 1 saturated heterocycles. The maximum absolute atomic E-state index is 12.4. The standard InChI is InChI=1S/C12H15NO6S/c1-8-7-13(4-5-19-8)20(17,18)9-2-3-11(14)10(6-9)12(15)16/h2-3,6,8,14H,4-5,7H2,1H3,(H,15,16)/t8-/m1/s1. The fraction of sp³-hybridized carbons (Fsp3) is 0.417. The SMILES string of the molecule is C[C@@H]1CN(S(=O)(=O)c2ccc(O)c(C(=O)O)c2)CCO1. The highest BCUT2D eigenvalue weighted by Gasteiger charge is 2.30. The van der Waals surface area contributed by atoms with Gasteiger partial charge in [0.15, 0.2) is 0 Å². The molecule has 0 spiro atoms. The Kier molecular flexibility index (Phi) is 3.98. The van der Waals surface area contributed by atoms with Gasteiger partial charge in [0.05, 0.1) is 17.6 Å². The summed E-state index contributed by atoms with van der Waals surface area (Å²) in [5, 5.41) is 18.3. The lowest BCUT2D eigenvalue weighted by molar-refractivity contribution is 0.0102. The van der Waals surface area contributed by atoms with Crippen molar-refractivity contribution in [2.75, 3.05) is 19.7 Å². The number of aromatic carboxylic acids is 1. The summed E-state index contributed by atoms with van der Waals surface area (Å²) in [7, 11) is -3.79. The topological polar surface area (TPSA) is 104 Å². The van der Waals surface area contributed by atoms with Gasteiger partial charge in [-0.05, 0) is 25.1 Å². The molecule has 0 radical (unpaired) electrons. The lowest BCUT2D eigenvalue weighted by Crippen LogP contribution is -2.44. The van der Waals surface area contributed by atoms with Crippen molar-refractivity contribution in [1.29, 1.82) is 0 Å². The minimum absolute atomic E-state index is 0.151. The van der Waals surface area contributed by atoms with Gasteiger partial charge in [0.25, 0.3) is 0 Å². The Hall–Kier alpha value is -1.64. The molecule has 0 unspecified atom stereocenters. The van der Waals surface area contributed by atoms with Crippen LogP contribution in [0.25, 0.3) is 0 Å². The number of rotatable bonds is 3. The number of carboxylic acids is 1. The first kappa shape index (κ1) is 14.8. The lowest BCUT2D eigenvalue weighted by Gasteiger charge is -2.30. The molecule has 0 saturated carbocycles. The van der Waals surface area contributed by atoms with Crippen LogP contribution in [-0.2, 0) is 14.8 Å². The first-order valence-corrected chi connectivity index (χ1v) is 7.44. The van der Waals surface area contributed by atoms with Crippen molar-refractivity contribution in [3.05, 3.63) is 23.8 Å². The monoisotopic (exact) mass is 301 g/mol. The van der Waals surface area contributed by atoms with Crippen LogP contribution in [0.1, 0.15) is 17.3 Å². The third-order valence-electron chi connectivity index (χ3n) is 3.04. The highest BCUT2D eigenvalue weighted by atomic mass is 32.2. The third-order valence-corrected chi connectivity index (χ3v) is 4.90. The molecule has 2 N–H and O–H groups in total. The van der Waals surface area contributed by atoms with Crippen molar-refractivity contribution < 1.29 is 28.2 Å². The summed E-state index contributed by atoms with van der Waals surface area (Å²) < 4.78 is 31.4. The first-order valence-electron chi connectivity index (χ1n) is 6.00. The van der Waals surface area contributed by atoms with Gasteiger partial charge in [-0.3, -0.25) is 0 Å². The maximum Gasteiger partial charge on any atom is 0.339 e. The fourth-order valence-corrected chi connectivity index (χ4v) is 3.53. The van der Waals surface area contributed by atoms with Crippen LogP contribution in [0.5, 0.6) is 5.75 Å². The van der Waals surface area contributed by atoms with Gasteiger partial charge in [0.2, 0.25) is 10.0 Å². The number of morpholine rings is 1. The number of sulfonamides is 1. The van der Waals surface area contributed by atoms with E-state index in [-0.39, 0.29) is 24.1 Å². The molecule has 1 atom stereocenters. The number of benzene rings is 1. The molecular formula is C12H15NO6S. The van der Waals surface area contributed by atoms with E-state index >= 15 is 0 Å². The molecule has 2 rings (SSSR count). The first-order chi connectivity index (χ1) is 9.32. The van der Waals surface area contributed by atoms with E-state index in [4.69, 9.17) is 9.84 Å². The fourth-order valence-electron chi connectivity index (χ4n) is 2.00. The molecule has 0 bridgehead atoms. The molecular weight excluding hydrogens is 286 g/mol. The number of carboxylic acid groups (broad SMARTS) is 1. The van der Waals surface area contributed by atoms with E-state index in [1.165, 1.54) is 10.4 Å². The van der Waals surface area contributed by atoms with Gasteiger partial charge >= 0.3 is 5.97 Å². The van der Waals surface area contributed by atoms with Crippen LogP contribution in [0.15, 0.2) is 23.1 Å². The molecule has 20 heavy (non-hydrogen) atoms. The van der Waals surface area contributed by atoms with Gasteiger partial charge in [0.1, 0.15) is 11.3 Å². The van der Waals surface area contributed by atoms with E-state index in [0.717, 1.165) is 12.1 Å². The van der Waals surface area contributed by atoms with Crippen LogP contribution in [-0.4, -0.2) is 54.7 Å². The van der Waals surface area contributed by atoms with Gasteiger partial charge in [-0.25, -0.2) is 13.2 Å². The molecule has 1 aromatic carbocycles. The average molecular weight is 301 g/mol. The van der Waals surface area contributed by atoms with Gasteiger partial charge < -0.3 is 14.9 Å². The Morgan fingerprint density at radius 2 is 2.15 bits per heavy atom. The number of hydrogen-bond acceptors (Lipinski definition) is 5. The number of aromatic hydroxyl groups is 1. The zero-order chi connectivity index (χ0) is 14.9. The van der Waals surface area contributed by atoms with Gasteiger partial charge in [-0.15, -0.1) is 0 Å². The smallest absolute Gasteiger partial charge is 0.339 e. The van der Waals surface area contributed by atoms with Crippen molar-refractivity contribution in [1.82, 2.24) is 4.31 Å². The van der Waals surface area contributed by atoms with Crippen molar-refractivity contribution in [2.45, 2.75) is 17.9 Å². The summed E-state index contributed by atoms with van der Waals surface area (Å²) in [4.78, 5) is 10.8. The minimum Gasteiger partial charge on any atom is -0.507 e. The van der Waals surface area contributed by atoms with Gasteiger partial charge in [-0.2, -0.15) is 4.31 Å². The van der Waals surface area contributed by atoms with E-state index in [0.29, 0.717) is 6.61 Å². The van der Waals surface area contributed by atoms with E-state index < -0.39 is 27.3 Å². The molecule has 1 aromatic rings. The van der Waals surface area contributed by atoms with Crippen LogP contribution in [0.2, 0.25) is 0 Å². The zero-order valence-corrected chi connectivity index (χ0v) is 11.6. The normalized spacial score (nSPS) is 20.8. The molecule has 0 aliphatic carbocycles. The Morgan fingerprint density at radius 1 is 1.45 bits per heavy atom. The summed E-state index contributed by atoms with van der Waals surface area (Å²) in [6.07, 6.45) is -0.213. The molecule has 7 nitrogen and oxygen atoms in total. The second-order valence-corrected chi connectivity index (χ2v) is 6.47. The highest BCUT2D eigenvalue weighted by Crippen LogP contribution is 2.24. The summed E-state index contributed by atoms with van der Waals surface area (Å²) in [5.41, 5.74) is -0.438. The summed E-state index contributed by atoms with van der Waals surface area (Å²) in [6.45, 7) is 2.49. The van der Waals surface area contributed by atoms with Gasteiger partial charge in [0, 0.05) is 13.1 Å². The Morgan fingerprint density at radius 3 is 2.75 bits per heavy atom. The molecule has 110 valence electrons. The van der Waals surface area contributed by atoms with Crippen molar-refractivity contribution >= 4 is 16.0 Å². The molecule has 1 aliphatic rings. The van der Waals surface area contributed by atoms with E-state index in [9.17, 15) is 18.3 Å². The van der Waals surface area contributed by atoms with Crippen LogP contribution >= 0.6 is 0 Å². The Balaban J connectivity index is 2.39. The predicted molar refractivity (Wildman–Crippen MR) is 69.2 cm³/mol. The molecule has 1 fully saturated rings. The lowest BCUT2D eigenvalue weighted by atomic mass is 10.2. The minimum atomic E-state index is -3.79. The number of nitrogens with zero attached hydrogens (tertiary/aromatic N) is 1. The van der Waals surface area contributed by atoms with Crippen LogP contribution in [0.4, 0.5) is 0 Å². The molecule has 8 heteroatoms. The third kappa shape index (κ3) is 2.77. The number of ether oxygens (including phenoxy) is 1. The molecule has 0 amide bonds. The Bertz CT molecular complexity index is 627. The second-order valence-electron chi connectivity index (χ2n) is 4.53. The maximum atomic E-state index is 12.4. The number of phenols is 1. The summed E-state index contributed by atoms with van der Waals surface area (Å²) in [6, 6.07) is 3.23. The van der Waals surface area contributed by atoms with Gasteiger partial charge in [-0.1, -0.05) is 0 Å². The van der Waals surface area contributed by atoms with Crippen molar-refractivity contribution in [3.8, 4) is 5.75 Å². The van der Waals surface area contributed by atoms with E-state index in [2.05, 4.69) is 0 Å². The van der Waals surface area contributed by atoms with Crippen LogP contribution < -0.4 is 0 Å². The van der Waals surface area contributed by atoms with Crippen molar-refractivity contribution in [3.63, 3.8) is 0 Å². The quantitative estimate of drug-likeness (QED) is 0.842. The highest BCUT2D eigenvalue weighted by molar-refractivity contribution is 7.89. The Labute approximate surface area is 116 Å². The summed E-state index contributed by atoms with van der Waals surface area (Å²) >= 11 is 0. The average Bonchev–Trinajstić information content (AvgIpc) is 2.38. The number of hydrogen-bond donors (Lipinski definition) is 2. The largest absolute Gasteiger partial charge is 0.507 e. The molecule has 0 aromatic heterocycles. The van der Waals surface area contributed by atoms with Crippen molar-refractivity contribution in [2.24, 2.45) is 0 Å². The molecule has 1 aliphatic heterocycles. The van der Waals surface area contributed by atoms with Crippen LogP contribution in [0.3, 0.4) is 0 Å². The van der Waals surface area contributed by atoms with Crippen LogP contribution in [0, 0.1) is 0 Å². The van der Waals surface area contributed by atoms with E-state index in [1.54, 1.807) is 6.92 Å².